The molecule has 1 aliphatic carbocycles. The maximum absolute atomic E-state index is 4.28. The van der Waals surface area contributed by atoms with Crippen molar-refractivity contribution in [3.8, 4) is 0 Å². The molecular formula is C13H21N3. The molecule has 1 aromatic heterocycles. The van der Waals surface area contributed by atoms with Gasteiger partial charge in [0.1, 0.15) is 5.82 Å². The second-order valence-corrected chi connectivity index (χ2v) is 4.72. The zero-order valence-corrected chi connectivity index (χ0v) is 10.2. The number of hydrogen-bond donors (Lipinski definition) is 1. The van der Waals surface area contributed by atoms with Crippen molar-refractivity contribution in [3.05, 3.63) is 23.9 Å². The van der Waals surface area contributed by atoms with E-state index >= 15 is 0 Å². The highest BCUT2D eigenvalue weighted by molar-refractivity contribution is 5.37. The maximum Gasteiger partial charge on any atom is 0.126 e. The summed E-state index contributed by atoms with van der Waals surface area (Å²) in [6, 6.07) is 4.25. The number of nitrogens with zero attached hydrogens (tertiary/aromatic N) is 2. The summed E-state index contributed by atoms with van der Waals surface area (Å²) < 4.78 is 0. The molecule has 2 rings (SSSR count). The van der Waals surface area contributed by atoms with Crippen LogP contribution in [0.25, 0.3) is 0 Å². The third-order valence-electron chi connectivity index (χ3n) is 2.90. The van der Waals surface area contributed by atoms with Gasteiger partial charge in [0.15, 0.2) is 0 Å². The second-order valence-electron chi connectivity index (χ2n) is 4.72. The zero-order chi connectivity index (χ0) is 11.4. The summed E-state index contributed by atoms with van der Waals surface area (Å²) in [4.78, 5) is 6.69. The van der Waals surface area contributed by atoms with Crippen LogP contribution in [0.3, 0.4) is 0 Å². The van der Waals surface area contributed by atoms with Crippen LogP contribution in [0.1, 0.15) is 25.3 Å². The summed E-state index contributed by atoms with van der Waals surface area (Å²) in [7, 11) is 2.20. The largest absolute Gasteiger partial charge is 0.370 e. The van der Waals surface area contributed by atoms with Gasteiger partial charge in [-0.1, -0.05) is 0 Å². The van der Waals surface area contributed by atoms with Crippen LogP contribution in [0.4, 0.5) is 5.82 Å². The molecule has 3 nitrogen and oxygen atoms in total. The molecule has 0 atom stereocenters. The van der Waals surface area contributed by atoms with Gasteiger partial charge in [-0.3, -0.25) is 0 Å². The summed E-state index contributed by atoms with van der Waals surface area (Å²) >= 11 is 0. The first kappa shape index (κ1) is 11.4. The molecular weight excluding hydrogens is 198 g/mol. The lowest BCUT2D eigenvalue weighted by atomic mass is 10.2. The van der Waals surface area contributed by atoms with E-state index in [1.165, 1.54) is 24.9 Å². The second kappa shape index (κ2) is 5.30. The Balaban J connectivity index is 1.88. The van der Waals surface area contributed by atoms with Gasteiger partial charge in [-0.15, -0.1) is 0 Å². The van der Waals surface area contributed by atoms with Crippen molar-refractivity contribution < 1.29 is 0 Å². The first-order valence-corrected chi connectivity index (χ1v) is 6.15. The van der Waals surface area contributed by atoms with E-state index < -0.39 is 0 Å². The summed E-state index contributed by atoms with van der Waals surface area (Å²) in [6.45, 7) is 5.28. The third kappa shape index (κ3) is 3.49. The van der Waals surface area contributed by atoms with Crippen LogP contribution >= 0.6 is 0 Å². The van der Waals surface area contributed by atoms with E-state index in [9.17, 15) is 0 Å². The lowest BCUT2D eigenvalue weighted by Gasteiger charge is -2.16. The van der Waals surface area contributed by atoms with Crippen molar-refractivity contribution in [2.45, 2.75) is 26.3 Å². The van der Waals surface area contributed by atoms with E-state index in [4.69, 9.17) is 0 Å². The molecule has 0 radical (unpaired) electrons. The zero-order valence-electron chi connectivity index (χ0n) is 10.2. The number of nitrogens with one attached hydrogen (secondary N) is 1. The van der Waals surface area contributed by atoms with Crippen molar-refractivity contribution in [1.82, 2.24) is 9.88 Å². The predicted octanol–water partition coefficient (Wildman–Crippen LogP) is 2.36. The number of rotatable bonds is 6. The van der Waals surface area contributed by atoms with Gasteiger partial charge < -0.3 is 10.2 Å². The smallest absolute Gasteiger partial charge is 0.126 e. The molecule has 1 aliphatic rings. The van der Waals surface area contributed by atoms with Gasteiger partial charge >= 0.3 is 0 Å². The van der Waals surface area contributed by atoms with E-state index in [-0.39, 0.29) is 0 Å². The Morgan fingerprint density at radius 2 is 2.31 bits per heavy atom. The Labute approximate surface area is 97.9 Å². The van der Waals surface area contributed by atoms with Crippen LogP contribution in [-0.4, -0.2) is 30.0 Å². The van der Waals surface area contributed by atoms with Crippen LogP contribution in [0, 0.1) is 5.92 Å². The third-order valence-corrected chi connectivity index (χ3v) is 2.90. The fourth-order valence-corrected chi connectivity index (χ4v) is 1.97. The van der Waals surface area contributed by atoms with E-state index in [0.29, 0.717) is 0 Å². The number of pyridine rings is 1. The van der Waals surface area contributed by atoms with Crippen LogP contribution in [0.15, 0.2) is 18.3 Å². The molecule has 0 saturated heterocycles. The van der Waals surface area contributed by atoms with Crippen LogP contribution in [0.5, 0.6) is 0 Å². The molecule has 0 bridgehead atoms. The fourth-order valence-electron chi connectivity index (χ4n) is 1.97. The van der Waals surface area contributed by atoms with Crippen LogP contribution in [-0.2, 0) is 6.54 Å². The Kier molecular flexibility index (Phi) is 3.78. The topological polar surface area (TPSA) is 28.2 Å². The molecule has 0 spiro atoms. The number of anilines is 1. The first-order chi connectivity index (χ1) is 7.78. The average Bonchev–Trinajstić information content (AvgIpc) is 3.02. The molecule has 1 heterocycles. The molecule has 1 saturated carbocycles. The van der Waals surface area contributed by atoms with Crippen molar-refractivity contribution in [1.29, 1.82) is 0 Å². The Morgan fingerprint density at radius 3 is 3.00 bits per heavy atom. The van der Waals surface area contributed by atoms with Gasteiger partial charge in [-0.05, 0) is 50.4 Å². The monoisotopic (exact) mass is 219 g/mol. The predicted molar refractivity (Wildman–Crippen MR) is 67.5 cm³/mol. The van der Waals surface area contributed by atoms with E-state index in [1.807, 2.05) is 6.20 Å². The molecule has 16 heavy (non-hydrogen) atoms. The van der Waals surface area contributed by atoms with E-state index in [0.717, 1.165) is 24.8 Å². The highest BCUT2D eigenvalue weighted by Crippen LogP contribution is 2.29. The minimum atomic E-state index is 0.925. The van der Waals surface area contributed by atoms with Gasteiger partial charge in [0.05, 0.1) is 0 Å². The van der Waals surface area contributed by atoms with Gasteiger partial charge in [-0.25, -0.2) is 4.98 Å². The summed E-state index contributed by atoms with van der Waals surface area (Å²) in [5, 5.41) is 3.24. The highest BCUT2D eigenvalue weighted by Gasteiger charge is 2.22. The molecule has 1 aromatic rings. The van der Waals surface area contributed by atoms with Crippen molar-refractivity contribution in [3.63, 3.8) is 0 Å². The SMILES string of the molecule is CCNc1cc(CN(C)CC2CC2)ccn1. The normalized spacial score (nSPS) is 15.4. The molecule has 0 unspecified atom stereocenters. The molecule has 1 N–H and O–H groups in total. The first-order valence-electron chi connectivity index (χ1n) is 6.15. The van der Waals surface area contributed by atoms with Gasteiger partial charge in [0.2, 0.25) is 0 Å². The van der Waals surface area contributed by atoms with E-state index in [1.54, 1.807) is 0 Å². The molecule has 1 fully saturated rings. The standard InChI is InChI=1S/C13H21N3/c1-3-14-13-8-12(6-7-15-13)10-16(2)9-11-4-5-11/h6-8,11H,3-5,9-10H2,1-2H3,(H,14,15). The van der Waals surface area contributed by atoms with Gasteiger partial charge in [-0.2, -0.15) is 0 Å². The molecule has 0 aliphatic heterocycles. The van der Waals surface area contributed by atoms with E-state index in [2.05, 4.69) is 41.3 Å². The van der Waals surface area contributed by atoms with Gasteiger partial charge in [0.25, 0.3) is 0 Å². The number of aromatic nitrogens is 1. The molecule has 3 heteroatoms. The molecule has 0 aromatic carbocycles. The Bertz CT molecular complexity index is 334. The van der Waals surface area contributed by atoms with Crippen molar-refractivity contribution in [2.24, 2.45) is 5.92 Å². The van der Waals surface area contributed by atoms with Crippen molar-refractivity contribution >= 4 is 5.82 Å². The minimum absolute atomic E-state index is 0.925. The number of hydrogen-bond acceptors (Lipinski definition) is 3. The quantitative estimate of drug-likeness (QED) is 0.796. The Morgan fingerprint density at radius 1 is 1.50 bits per heavy atom. The summed E-state index contributed by atoms with van der Waals surface area (Å²) in [6.07, 6.45) is 4.73. The van der Waals surface area contributed by atoms with Crippen LogP contribution < -0.4 is 5.32 Å². The summed E-state index contributed by atoms with van der Waals surface area (Å²) in [5.74, 6) is 1.94. The lowest BCUT2D eigenvalue weighted by molar-refractivity contribution is 0.313. The van der Waals surface area contributed by atoms with Gasteiger partial charge in [0, 0.05) is 25.8 Å². The lowest BCUT2D eigenvalue weighted by Crippen LogP contribution is -2.20. The summed E-state index contributed by atoms with van der Waals surface area (Å²) in [5.41, 5.74) is 1.34. The molecule has 88 valence electrons. The fraction of sp³-hybridized carbons (Fsp3) is 0.615. The average molecular weight is 219 g/mol. The van der Waals surface area contributed by atoms with Crippen molar-refractivity contribution in [2.75, 3.05) is 25.5 Å². The maximum atomic E-state index is 4.28. The highest BCUT2D eigenvalue weighted by atomic mass is 15.1. The van der Waals surface area contributed by atoms with Crippen LogP contribution in [0.2, 0.25) is 0 Å². The minimum Gasteiger partial charge on any atom is -0.370 e. The Hall–Kier alpha value is -1.09. The molecule has 0 amide bonds.